The molecular formula is C14H10F4N2S. The summed E-state index contributed by atoms with van der Waals surface area (Å²) in [6, 6.07) is 9.17. The Balaban J connectivity index is 2.43. The molecule has 2 aromatic carbocycles. The van der Waals surface area contributed by atoms with Crippen LogP contribution in [0.5, 0.6) is 0 Å². The van der Waals surface area contributed by atoms with E-state index < -0.39 is 23.4 Å². The van der Waals surface area contributed by atoms with E-state index in [9.17, 15) is 17.6 Å². The summed E-state index contributed by atoms with van der Waals surface area (Å²) >= 11 is 0.879. The third-order valence-corrected chi connectivity index (χ3v) is 3.69. The van der Waals surface area contributed by atoms with Gasteiger partial charge in [-0.25, -0.2) is 4.39 Å². The molecule has 0 saturated heterocycles. The molecule has 0 fully saturated rings. The van der Waals surface area contributed by atoms with E-state index in [-0.39, 0.29) is 15.4 Å². The van der Waals surface area contributed by atoms with Crippen molar-refractivity contribution in [3.05, 3.63) is 59.4 Å². The minimum Gasteiger partial charge on any atom is -0.384 e. The Morgan fingerprint density at radius 1 is 1.10 bits per heavy atom. The van der Waals surface area contributed by atoms with Gasteiger partial charge in [-0.1, -0.05) is 23.9 Å². The number of hydrogen-bond donors (Lipinski definition) is 2. The van der Waals surface area contributed by atoms with Gasteiger partial charge in [-0.15, -0.1) is 0 Å². The van der Waals surface area contributed by atoms with Crippen molar-refractivity contribution in [3.8, 4) is 0 Å². The van der Waals surface area contributed by atoms with Crippen molar-refractivity contribution >= 4 is 17.6 Å². The van der Waals surface area contributed by atoms with Crippen LogP contribution in [0.1, 0.15) is 11.1 Å². The van der Waals surface area contributed by atoms with E-state index in [1.807, 2.05) is 0 Å². The van der Waals surface area contributed by atoms with Gasteiger partial charge in [0.2, 0.25) is 0 Å². The van der Waals surface area contributed by atoms with Crippen LogP contribution < -0.4 is 5.73 Å². The predicted octanol–water partition coefficient (Wildman–Crippen LogP) is 4.28. The predicted molar refractivity (Wildman–Crippen MR) is 73.0 cm³/mol. The van der Waals surface area contributed by atoms with Crippen LogP contribution in [0.25, 0.3) is 0 Å². The van der Waals surface area contributed by atoms with E-state index in [4.69, 9.17) is 11.1 Å². The summed E-state index contributed by atoms with van der Waals surface area (Å²) in [5, 5.41) is 7.19. The molecule has 21 heavy (non-hydrogen) atoms. The second-order valence-corrected chi connectivity index (χ2v) is 5.27. The molecular weight excluding hydrogens is 304 g/mol. The van der Waals surface area contributed by atoms with Crippen molar-refractivity contribution in [1.82, 2.24) is 0 Å². The van der Waals surface area contributed by atoms with Gasteiger partial charge in [0.15, 0.2) is 0 Å². The molecule has 0 saturated carbocycles. The van der Waals surface area contributed by atoms with Crippen molar-refractivity contribution in [1.29, 1.82) is 5.41 Å². The molecule has 0 aliphatic carbocycles. The zero-order valence-electron chi connectivity index (χ0n) is 10.5. The second-order valence-electron chi connectivity index (χ2n) is 4.15. The Kier molecular flexibility index (Phi) is 4.22. The highest BCUT2D eigenvalue weighted by atomic mass is 32.2. The lowest BCUT2D eigenvalue weighted by molar-refractivity contribution is -0.137. The normalized spacial score (nSPS) is 11.4. The van der Waals surface area contributed by atoms with Gasteiger partial charge in [0, 0.05) is 15.4 Å². The molecule has 0 atom stereocenters. The third kappa shape index (κ3) is 3.55. The molecule has 0 heterocycles. The molecule has 2 nitrogen and oxygen atoms in total. The van der Waals surface area contributed by atoms with Crippen molar-refractivity contribution in [2.24, 2.45) is 5.73 Å². The molecule has 7 heteroatoms. The van der Waals surface area contributed by atoms with Crippen molar-refractivity contribution in [2.45, 2.75) is 16.0 Å². The lowest BCUT2D eigenvalue weighted by Gasteiger charge is -2.13. The molecule has 0 unspecified atom stereocenters. The van der Waals surface area contributed by atoms with E-state index >= 15 is 0 Å². The molecule has 0 aliphatic rings. The average Bonchev–Trinajstić information content (AvgIpc) is 2.40. The Labute approximate surface area is 122 Å². The Morgan fingerprint density at radius 3 is 2.33 bits per heavy atom. The van der Waals surface area contributed by atoms with Gasteiger partial charge >= 0.3 is 6.18 Å². The van der Waals surface area contributed by atoms with Gasteiger partial charge in [0.1, 0.15) is 11.7 Å². The molecule has 110 valence electrons. The van der Waals surface area contributed by atoms with Crippen LogP contribution in [0.15, 0.2) is 52.3 Å². The molecule has 0 amide bonds. The highest BCUT2D eigenvalue weighted by Crippen LogP contribution is 2.37. The number of nitrogens with one attached hydrogen (secondary N) is 1. The van der Waals surface area contributed by atoms with Crippen LogP contribution in [-0.4, -0.2) is 5.84 Å². The fraction of sp³-hybridized carbons (Fsp3) is 0.0714. The standard InChI is InChI=1S/C14H10F4N2S/c15-11-3-1-2-4-12(11)21-8-5-6-9(13(19)20)10(7-8)14(16,17)18/h1-7H,(H3,19,20). The van der Waals surface area contributed by atoms with Gasteiger partial charge < -0.3 is 5.73 Å². The van der Waals surface area contributed by atoms with Crippen LogP contribution in [0.3, 0.4) is 0 Å². The quantitative estimate of drug-likeness (QED) is 0.505. The minimum absolute atomic E-state index is 0.220. The largest absolute Gasteiger partial charge is 0.417 e. The molecule has 0 bridgehead atoms. The maximum Gasteiger partial charge on any atom is 0.417 e. The Morgan fingerprint density at radius 2 is 1.76 bits per heavy atom. The van der Waals surface area contributed by atoms with Crippen LogP contribution in [-0.2, 0) is 6.18 Å². The molecule has 2 rings (SSSR count). The van der Waals surface area contributed by atoms with Crippen LogP contribution >= 0.6 is 11.8 Å². The summed E-state index contributed by atoms with van der Waals surface area (Å²) in [5.74, 6) is -1.17. The van der Waals surface area contributed by atoms with E-state index in [0.717, 1.165) is 23.9 Å². The number of halogens is 4. The van der Waals surface area contributed by atoms with Crippen molar-refractivity contribution in [3.63, 3.8) is 0 Å². The van der Waals surface area contributed by atoms with Crippen molar-refractivity contribution in [2.75, 3.05) is 0 Å². The minimum atomic E-state index is -4.63. The fourth-order valence-corrected chi connectivity index (χ4v) is 2.59. The monoisotopic (exact) mass is 314 g/mol. The lowest BCUT2D eigenvalue weighted by atomic mass is 10.1. The van der Waals surface area contributed by atoms with Gasteiger partial charge in [-0.2, -0.15) is 13.2 Å². The van der Waals surface area contributed by atoms with E-state index in [2.05, 4.69) is 0 Å². The second kappa shape index (κ2) is 5.77. The first kappa shape index (κ1) is 15.4. The first-order chi connectivity index (χ1) is 9.79. The fourth-order valence-electron chi connectivity index (χ4n) is 1.71. The highest BCUT2D eigenvalue weighted by Gasteiger charge is 2.34. The number of nitrogens with two attached hydrogens (primary N) is 1. The SMILES string of the molecule is N=C(N)c1ccc(Sc2ccccc2F)cc1C(F)(F)F. The van der Waals surface area contributed by atoms with Gasteiger partial charge in [0.05, 0.1) is 5.56 Å². The summed E-state index contributed by atoms with van der Waals surface area (Å²) < 4.78 is 52.4. The molecule has 0 aliphatic heterocycles. The molecule has 0 spiro atoms. The van der Waals surface area contributed by atoms with Gasteiger partial charge in [-0.3, -0.25) is 5.41 Å². The topological polar surface area (TPSA) is 49.9 Å². The zero-order chi connectivity index (χ0) is 15.6. The molecule has 0 radical (unpaired) electrons. The number of alkyl halides is 3. The lowest BCUT2D eigenvalue weighted by Crippen LogP contribution is -2.18. The molecule has 0 aromatic heterocycles. The summed E-state index contributed by atoms with van der Waals surface area (Å²) in [5.41, 5.74) is 3.76. The Hall–Kier alpha value is -2.02. The van der Waals surface area contributed by atoms with E-state index in [0.29, 0.717) is 0 Å². The van der Waals surface area contributed by atoms with Gasteiger partial charge in [-0.05, 0) is 30.3 Å². The van der Waals surface area contributed by atoms with Crippen LogP contribution in [0, 0.1) is 11.2 Å². The maximum absolute atomic E-state index is 13.5. The first-order valence-corrected chi connectivity index (χ1v) is 6.58. The summed E-state index contributed by atoms with van der Waals surface area (Å²) in [6.45, 7) is 0. The molecule has 3 N–H and O–H groups in total. The third-order valence-electron chi connectivity index (χ3n) is 2.65. The number of nitrogen functional groups attached to an aromatic ring is 1. The number of rotatable bonds is 3. The average molecular weight is 314 g/mol. The number of hydrogen-bond acceptors (Lipinski definition) is 2. The zero-order valence-corrected chi connectivity index (χ0v) is 11.4. The van der Waals surface area contributed by atoms with Crippen molar-refractivity contribution < 1.29 is 17.6 Å². The summed E-state index contributed by atoms with van der Waals surface area (Å²) in [7, 11) is 0. The summed E-state index contributed by atoms with van der Waals surface area (Å²) in [4.78, 5) is 0.443. The smallest absolute Gasteiger partial charge is 0.384 e. The maximum atomic E-state index is 13.5. The van der Waals surface area contributed by atoms with Crippen LogP contribution in [0.4, 0.5) is 17.6 Å². The highest BCUT2D eigenvalue weighted by molar-refractivity contribution is 7.99. The summed E-state index contributed by atoms with van der Waals surface area (Å²) in [6.07, 6.45) is -4.63. The van der Waals surface area contributed by atoms with Crippen LogP contribution in [0.2, 0.25) is 0 Å². The Bertz CT molecular complexity index is 683. The first-order valence-electron chi connectivity index (χ1n) is 5.77. The van der Waals surface area contributed by atoms with E-state index in [1.165, 1.54) is 24.3 Å². The van der Waals surface area contributed by atoms with E-state index in [1.54, 1.807) is 6.07 Å². The van der Waals surface area contributed by atoms with Gasteiger partial charge in [0.25, 0.3) is 0 Å². The molecule has 2 aromatic rings. The number of amidine groups is 1. The number of benzene rings is 2.